The summed E-state index contributed by atoms with van der Waals surface area (Å²) < 4.78 is 5.03. The van der Waals surface area contributed by atoms with Crippen LogP contribution in [0.2, 0.25) is 0 Å². The molecule has 1 fully saturated rings. The van der Waals surface area contributed by atoms with Gasteiger partial charge >= 0.3 is 0 Å². The molecule has 0 saturated carbocycles. The number of carbonyl (C=O) groups excluding carboxylic acids is 1. The molecule has 1 aromatic rings. The first-order valence-electron chi connectivity index (χ1n) is 5.27. The molecule has 0 aliphatic carbocycles. The fourth-order valence-corrected chi connectivity index (χ4v) is 2.01. The topological polar surface area (TPSA) is 29.5 Å². The molecule has 1 aliphatic rings. The number of rotatable bonds is 4. The first kappa shape index (κ1) is 10.2. The van der Waals surface area contributed by atoms with Crippen molar-refractivity contribution in [3.63, 3.8) is 0 Å². The molecule has 1 saturated heterocycles. The molecule has 3 nitrogen and oxygen atoms in total. The molecule has 0 N–H and O–H groups in total. The highest BCUT2D eigenvalue weighted by Gasteiger charge is 2.25. The molecule has 0 unspecified atom stereocenters. The Morgan fingerprint density at radius 3 is 2.93 bits per heavy atom. The number of nitrogens with zero attached hydrogens (tertiary/aromatic N) is 1. The summed E-state index contributed by atoms with van der Waals surface area (Å²) in [4.78, 5) is 12.5. The second kappa shape index (κ2) is 4.94. The predicted molar refractivity (Wildman–Crippen MR) is 57.0 cm³/mol. The fourth-order valence-electron chi connectivity index (χ4n) is 2.01. The molecule has 0 aromatic heterocycles. The van der Waals surface area contributed by atoms with Gasteiger partial charge in [0.1, 0.15) is 0 Å². The van der Waals surface area contributed by atoms with Crippen molar-refractivity contribution in [2.24, 2.45) is 0 Å². The maximum atomic E-state index is 10.3. The minimum absolute atomic E-state index is 0.0253. The lowest BCUT2D eigenvalue weighted by Crippen LogP contribution is -2.30. The number of hydrogen-bond acceptors (Lipinski definition) is 3. The van der Waals surface area contributed by atoms with Crippen molar-refractivity contribution in [1.82, 2.24) is 4.90 Å². The third-order valence-electron chi connectivity index (χ3n) is 2.74. The van der Waals surface area contributed by atoms with Crippen LogP contribution in [0.25, 0.3) is 0 Å². The summed E-state index contributed by atoms with van der Waals surface area (Å²) >= 11 is 0. The highest BCUT2D eigenvalue weighted by molar-refractivity contribution is 5.37. The molecule has 2 rings (SSSR count). The molecule has 1 aliphatic heterocycles. The van der Waals surface area contributed by atoms with Gasteiger partial charge in [0.2, 0.25) is 0 Å². The van der Waals surface area contributed by atoms with Crippen molar-refractivity contribution < 1.29 is 9.53 Å². The molecule has 0 radical (unpaired) electrons. The molecule has 0 bridgehead atoms. The predicted octanol–water partition coefficient (Wildman–Crippen LogP) is 1.78. The van der Waals surface area contributed by atoms with Crippen LogP contribution >= 0.6 is 0 Å². The lowest BCUT2D eigenvalue weighted by molar-refractivity contribution is -0.141. The average molecular weight is 205 g/mol. The third kappa shape index (κ3) is 2.57. The van der Waals surface area contributed by atoms with Gasteiger partial charge in [-0.2, -0.15) is 0 Å². The van der Waals surface area contributed by atoms with Crippen molar-refractivity contribution in [2.75, 3.05) is 6.54 Å². The Morgan fingerprint density at radius 2 is 2.20 bits per heavy atom. The molecule has 0 spiro atoms. The van der Waals surface area contributed by atoms with Crippen molar-refractivity contribution in [1.29, 1.82) is 0 Å². The normalized spacial score (nSPS) is 21.5. The Hall–Kier alpha value is -1.35. The minimum Gasteiger partial charge on any atom is -0.449 e. The van der Waals surface area contributed by atoms with E-state index in [0.717, 1.165) is 25.9 Å². The number of likely N-dealkylation sites (tertiary alicyclic amines) is 1. The van der Waals surface area contributed by atoms with Crippen LogP contribution in [0, 0.1) is 0 Å². The van der Waals surface area contributed by atoms with E-state index in [1.54, 1.807) is 0 Å². The highest BCUT2D eigenvalue weighted by atomic mass is 16.5. The Labute approximate surface area is 89.7 Å². The first-order valence-corrected chi connectivity index (χ1v) is 5.27. The van der Waals surface area contributed by atoms with E-state index in [2.05, 4.69) is 17.0 Å². The van der Waals surface area contributed by atoms with Crippen LogP contribution in [0.5, 0.6) is 0 Å². The van der Waals surface area contributed by atoms with Gasteiger partial charge in [0.25, 0.3) is 6.47 Å². The smallest absolute Gasteiger partial charge is 0.294 e. The van der Waals surface area contributed by atoms with E-state index >= 15 is 0 Å². The molecule has 1 aromatic carbocycles. The highest BCUT2D eigenvalue weighted by Crippen LogP contribution is 2.20. The summed E-state index contributed by atoms with van der Waals surface area (Å²) in [6, 6.07) is 10.3. The molecular formula is C12H15NO2. The van der Waals surface area contributed by atoms with Gasteiger partial charge in [0.15, 0.2) is 6.23 Å². The molecule has 80 valence electrons. The SMILES string of the molecule is O=CO[C@H]1CCCN1Cc1ccccc1. The summed E-state index contributed by atoms with van der Waals surface area (Å²) in [5, 5.41) is 0. The lowest BCUT2D eigenvalue weighted by Gasteiger charge is -2.22. The van der Waals surface area contributed by atoms with E-state index in [1.807, 2.05) is 18.2 Å². The summed E-state index contributed by atoms with van der Waals surface area (Å²) in [5.41, 5.74) is 1.26. The molecule has 15 heavy (non-hydrogen) atoms. The monoisotopic (exact) mass is 205 g/mol. The van der Waals surface area contributed by atoms with Gasteiger partial charge in [-0.25, -0.2) is 0 Å². The van der Waals surface area contributed by atoms with Crippen LogP contribution in [-0.2, 0) is 16.1 Å². The molecule has 1 atom stereocenters. The lowest BCUT2D eigenvalue weighted by atomic mass is 10.2. The Kier molecular flexibility index (Phi) is 3.35. The van der Waals surface area contributed by atoms with E-state index in [-0.39, 0.29) is 6.23 Å². The third-order valence-corrected chi connectivity index (χ3v) is 2.74. The van der Waals surface area contributed by atoms with Crippen LogP contribution < -0.4 is 0 Å². The van der Waals surface area contributed by atoms with Gasteiger partial charge < -0.3 is 4.74 Å². The Balaban J connectivity index is 1.96. The van der Waals surface area contributed by atoms with E-state index in [4.69, 9.17) is 4.74 Å². The maximum Gasteiger partial charge on any atom is 0.294 e. The quantitative estimate of drug-likeness (QED) is 0.702. The zero-order valence-corrected chi connectivity index (χ0v) is 8.63. The van der Waals surface area contributed by atoms with Crippen molar-refractivity contribution in [2.45, 2.75) is 25.6 Å². The van der Waals surface area contributed by atoms with Gasteiger partial charge in [-0.15, -0.1) is 0 Å². The van der Waals surface area contributed by atoms with Crippen LogP contribution in [0.3, 0.4) is 0 Å². The molecule has 0 amide bonds. The van der Waals surface area contributed by atoms with Gasteiger partial charge in [0.05, 0.1) is 0 Å². The van der Waals surface area contributed by atoms with Crippen LogP contribution in [-0.4, -0.2) is 24.1 Å². The zero-order chi connectivity index (χ0) is 10.5. The van der Waals surface area contributed by atoms with Gasteiger partial charge in [-0.3, -0.25) is 9.69 Å². The molecular weight excluding hydrogens is 190 g/mol. The average Bonchev–Trinajstić information content (AvgIpc) is 2.68. The van der Waals surface area contributed by atoms with Crippen molar-refractivity contribution in [3.8, 4) is 0 Å². The Bertz CT molecular complexity index is 313. The van der Waals surface area contributed by atoms with Gasteiger partial charge in [-0.1, -0.05) is 30.3 Å². The van der Waals surface area contributed by atoms with E-state index in [9.17, 15) is 4.79 Å². The number of hydrogen-bond donors (Lipinski definition) is 0. The van der Waals surface area contributed by atoms with Crippen molar-refractivity contribution >= 4 is 6.47 Å². The maximum absolute atomic E-state index is 10.3. The molecule has 3 heteroatoms. The van der Waals surface area contributed by atoms with E-state index < -0.39 is 0 Å². The largest absolute Gasteiger partial charge is 0.449 e. The van der Waals surface area contributed by atoms with E-state index in [0.29, 0.717) is 6.47 Å². The van der Waals surface area contributed by atoms with Crippen LogP contribution in [0.1, 0.15) is 18.4 Å². The standard InChI is InChI=1S/C12H15NO2/c14-10-15-12-7-4-8-13(12)9-11-5-2-1-3-6-11/h1-3,5-6,10,12H,4,7-9H2/t12-/m0/s1. The number of ether oxygens (including phenoxy) is 1. The van der Waals surface area contributed by atoms with Gasteiger partial charge in [0, 0.05) is 13.1 Å². The number of carbonyl (C=O) groups is 1. The minimum atomic E-state index is -0.0253. The first-order chi connectivity index (χ1) is 7.40. The summed E-state index contributed by atoms with van der Waals surface area (Å²) in [6.45, 7) is 2.42. The summed E-state index contributed by atoms with van der Waals surface area (Å²) in [6.07, 6.45) is 2.03. The zero-order valence-electron chi connectivity index (χ0n) is 8.63. The fraction of sp³-hybridized carbons (Fsp3) is 0.417. The van der Waals surface area contributed by atoms with Crippen LogP contribution in [0.15, 0.2) is 30.3 Å². The number of benzene rings is 1. The van der Waals surface area contributed by atoms with Gasteiger partial charge in [-0.05, 0) is 18.4 Å². The Morgan fingerprint density at radius 1 is 1.40 bits per heavy atom. The van der Waals surface area contributed by atoms with E-state index in [1.165, 1.54) is 5.56 Å². The molecule has 1 heterocycles. The van der Waals surface area contributed by atoms with Crippen LogP contribution in [0.4, 0.5) is 0 Å². The second-order valence-electron chi connectivity index (χ2n) is 3.79. The second-order valence-corrected chi connectivity index (χ2v) is 3.79. The van der Waals surface area contributed by atoms with Crippen molar-refractivity contribution in [3.05, 3.63) is 35.9 Å². The summed E-state index contributed by atoms with van der Waals surface area (Å²) in [5.74, 6) is 0. The summed E-state index contributed by atoms with van der Waals surface area (Å²) in [7, 11) is 0.